The number of nitrogens with zero attached hydrogens (tertiary/aromatic N) is 1. The van der Waals surface area contributed by atoms with Crippen molar-refractivity contribution in [2.75, 3.05) is 33.4 Å². The number of hydrogen-bond donors (Lipinski definition) is 2. The van der Waals surface area contributed by atoms with E-state index >= 15 is 0 Å². The summed E-state index contributed by atoms with van der Waals surface area (Å²) in [7, 11) is 1.41. The summed E-state index contributed by atoms with van der Waals surface area (Å²) in [5.41, 5.74) is 0.969. The minimum absolute atomic E-state index is 0.0334. The molecule has 1 aliphatic heterocycles. The lowest BCUT2D eigenvalue weighted by Crippen LogP contribution is -2.57. The Bertz CT molecular complexity index is 1050. The Morgan fingerprint density at radius 2 is 1.73 bits per heavy atom. The van der Waals surface area contributed by atoms with Crippen LogP contribution in [0.25, 0.3) is 0 Å². The van der Waals surface area contributed by atoms with Crippen LogP contribution in [0.3, 0.4) is 0 Å². The summed E-state index contributed by atoms with van der Waals surface area (Å²) in [6.07, 6.45) is 0.902. The molecule has 0 aromatic heterocycles. The van der Waals surface area contributed by atoms with E-state index in [4.69, 9.17) is 9.31 Å². The van der Waals surface area contributed by atoms with Gasteiger partial charge in [-0.3, -0.25) is 9.59 Å². The van der Waals surface area contributed by atoms with Gasteiger partial charge in [0.15, 0.2) is 0 Å². The van der Waals surface area contributed by atoms with Gasteiger partial charge in [0.05, 0.1) is 16.0 Å². The number of carbonyl (C=O) groups excluding carboxylic acids is 2. The fourth-order valence-corrected chi connectivity index (χ4v) is 4.93. The predicted molar refractivity (Wildman–Crippen MR) is 150 cm³/mol. The molecule has 1 aliphatic rings. The topological polar surface area (TPSA) is 79.9 Å². The predicted octanol–water partition coefficient (Wildman–Crippen LogP) is 4.23. The highest BCUT2D eigenvalue weighted by molar-refractivity contribution is 9.11. The van der Waals surface area contributed by atoms with E-state index in [1.54, 1.807) is 0 Å². The Balaban J connectivity index is 1.82. The van der Waals surface area contributed by atoms with Gasteiger partial charge in [0.2, 0.25) is 5.91 Å². The summed E-state index contributed by atoms with van der Waals surface area (Å²) < 4.78 is 26.7. The summed E-state index contributed by atoms with van der Waals surface area (Å²) in [5.74, 6) is -1.63. The molecule has 2 aromatic carbocycles. The van der Waals surface area contributed by atoms with Crippen molar-refractivity contribution in [1.29, 1.82) is 0 Å². The first-order chi connectivity index (χ1) is 17.6. The molecule has 2 atom stereocenters. The van der Waals surface area contributed by atoms with Crippen LogP contribution in [-0.2, 0) is 20.5 Å². The van der Waals surface area contributed by atoms with Crippen LogP contribution >= 0.6 is 31.9 Å². The minimum Gasteiger partial charge on any atom is -0.408 e. The molecule has 1 heterocycles. The third-order valence-electron chi connectivity index (χ3n) is 6.03. The summed E-state index contributed by atoms with van der Waals surface area (Å²) >= 11 is 6.38. The van der Waals surface area contributed by atoms with Crippen LogP contribution in [0.1, 0.15) is 36.2 Å². The lowest BCUT2D eigenvalue weighted by atomic mass is 9.73. The largest absolute Gasteiger partial charge is 0.480 e. The van der Waals surface area contributed by atoms with Crippen LogP contribution in [0, 0.1) is 11.7 Å². The van der Waals surface area contributed by atoms with E-state index in [1.165, 1.54) is 12.1 Å². The molecular formula is C26H33BBr2FN3O4. The molecule has 0 spiro atoms. The normalized spacial score (nSPS) is 16.6. The summed E-state index contributed by atoms with van der Waals surface area (Å²) in [5, 5.41) is 5.89. The maximum absolute atomic E-state index is 14.3. The molecule has 1 saturated heterocycles. The van der Waals surface area contributed by atoms with Gasteiger partial charge in [-0.1, -0.05) is 60.1 Å². The molecule has 2 N–H and O–H groups in total. The molecule has 0 aliphatic carbocycles. The molecule has 3 rings (SSSR count). The van der Waals surface area contributed by atoms with Crippen molar-refractivity contribution in [2.24, 2.45) is 5.92 Å². The van der Waals surface area contributed by atoms with Crippen molar-refractivity contribution >= 4 is 50.8 Å². The van der Waals surface area contributed by atoms with E-state index in [0.717, 1.165) is 18.7 Å². The number of hydrogen-bond acceptors (Lipinski definition) is 5. The van der Waals surface area contributed by atoms with Crippen molar-refractivity contribution in [3.8, 4) is 0 Å². The number of carbonyl (C=O) groups is 2. The molecule has 2 amide bonds. The number of amides is 2. The van der Waals surface area contributed by atoms with Crippen molar-refractivity contribution < 1.29 is 23.3 Å². The highest BCUT2D eigenvalue weighted by Gasteiger charge is 2.35. The minimum atomic E-state index is -0.904. The monoisotopic (exact) mass is 639 g/mol. The highest BCUT2D eigenvalue weighted by atomic mass is 79.9. The zero-order valence-corrected chi connectivity index (χ0v) is 24.5. The number of nitrogens with one attached hydrogen (secondary N) is 2. The van der Waals surface area contributed by atoms with E-state index in [-0.39, 0.29) is 28.3 Å². The van der Waals surface area contributed by atoms with Gasteiger partial charge in [0.1, 0.15) is 11.9 Å². The van der Waals surface area contributed by atoms with E-state index in [9.17, 15) is 14.0 Å². The fraction of sp³-hybridized carbons (Fsp3) is 0.462. The zero-order chi connectivity index (χ0) is 26.9. The molecule has 0 saturated carbocycles. The maximum atomic E-state index is 14.3. The highest BCUT2D eigenvalue weighted by Crippen LogP contribution is 2.25. The van der Waals surface area contributed by atoms with Crippen molar-refractivity contribution in [1.82, 2.24) is 15.5 Å². The van der Waals surface area contributed by atoms with Gasteiger partial charge < -0.3 is 24.8 Å². The average molecular weight is 641 g/mol. The number of halogens is 3. The van der Waals surface area contributed by atoms with Gasteiger partial charge >= 0.3 is 7.12 Å². The molecule has 11 heteroatoms. The standard InChI is InChI=1S/C26H33BBr2FN3O4/c1-17(2)13-23(27-36-11-9-33(3)10-12-37-27)32-26(35)22(14-18-7-5-4-6-8-18)31-25(34)20-15-19(28)16-21(30)24(20)29/h4-8,15-17,22-23H,9-14H2,1-3H3,(H,31,34)(H,32,35)/t22-,23-/m0/s1. The Labute approximate surface area is 235 Å². The lowest BCUT2D eigenvalue weighted by molar-refractivity contribution is -0.123. The Hall–Kier alpha value is -1.79. The second-order valence-electron chi connectivity index (χ2n) is 9.62. The van der Waals surface area contributed by atoms with Crippen LogP contribution in [0.15, 0.2) is 51.4 Å². The average Bonchev–Trinajstić information content (AvgIpc) is 2.83. The van der Waals surface area contributed by atoms with E-state index in [1.807, 2.05) is 37.4 Å². The SMILES string of the molecule is CC(C)C[C@H](NC(=O)[C@H](Cc1ccccc1)NC(=O)c1cc(Br)cc(F)c1Br)B1OCCN(C)CCO1. The van der Waals surface area contributed by atoms with Gasteiger partial charge in [-0.2, -0.15) is 0 Å². The van der Waals surface area contributed by atoms with Crippen molar-refractivity contribution in [3.63, 3.8) is 0 Å². The number of benzene rings is 2. The molecule has 1 fully saturated rings. The first kappa shape index (κ1) is 29.8. The van der Waals surface area contributed by atoms with Crippen LogP contribution in [0.5, 0.6) is 0 Å². The third kappa shape index (κ3) is 9.17. The van der Waals surface area contributed by atoms with Crippen LogP contribution in [0.4, 0.5) is 4.39 Å². The smallest absolute Gasteiger partial charge is 0.408 e. The van der Waals surface area contributed by atoms with Crippen molar-refractivity contribution in [3.05, 3.63) is 68.4 Å². The molecule has 37 heavy (non-hydrogen) atoms. The van der Waals surface area contributed by atoms with Crippen LogP contribution in [-0.4, -0.2) is 69.2 Å². The van der Waals surface area contributed by atoms with Gasteiger partial charge in [0, 0.05) is 37.2 Å². The first-order valence-electron chi connectivity index (χ1n) is 12.4. The number of rotatable bonds is 9. The number of likely N-dealkylation sites (N-methyl/N-ethyl adjacent to an activating group) is 1. The Morgan fingerprint density at radius 3 is 2.35 bits per heavy atom. The molecule has 0 radical (unpaired) electrons. The second-order valence-corrected chi connectivity index (χ2v) is 11.3. The van der Waals surface area contributed by atoms with E-state index in [2.05, 4.69) is 61.2 Å². The van der Waals surface area contributed by atoms with Gasteiger partial charge in [-0.15, -0.1) is 0 Å². The Kier molecular flexibility index (Phi) is 11.6. The molecule has 2 aromatic rings. The summed E-state index contributed by atoms with van der Waals surface area (Å²) in [6, 6.07) is 11.3. The maximum Gasteiger partial charge on any atom is 0.480 e. The lowest BCUT2D eigenvalue weighted by Gasteiger charge is -2.31. The molecule has 0 bridgehead atoms. The van der Waals surface area contributed by atoms with Gasteiger partial charge in [-0.25, -0.2) is 4.39 Å². The fourth-order valence-electron chi connectivity index (χ4n) is 4.09. The second kappa shape index (κ2) is 14.4. The van der Waals surface area contributed by atoms with Gasteiger partial charge in [-0.05, 0) is 53.0 Å². The first-order valence-corrected chi connectivity index (χ1v) is 13.9. The van der Waals surface area contributed by atoms with Gasteiger partial charge in [0.25, 0.3) is 5.91 Å². The molecule has 0 unspecified atom stereocenters. The zero-order valence-electron chi connectivity index (χ0n) is 21.3. The molecule has 7 nitrogen and oxygen atoms in total. The van der Waals surface area contributed by atoms with E-state index < -0.39 is 30.8 Å². The Morgan fingerprint density at radius 1 is 1.08 bits per heavy atom. The summed E-state index contributed by atoms with van der Waals surface area (Å²) in [6.45, 7) is 6.65. The van der Waals surface area contributed by atoms with Crippen LogP contribution in [0.2, 0.25) is 0 Å². The van der Waals surface area contributed by atoms with E-state index in [0.29, 0.717) is 24.1 Å². The molecule has 200 valence electrons. The molecular weight excluding hydrogens is 608 g/mol. The third-order valence-corrected chi connectivity index (χ3v) is 7.30. The van der Waals surface area contributed by atoms with Crippen LogP contribution < -0.4 is 10.6 Å². The summed E-state index contributed by atoms with van der Waals surface area (Å²) in [4.78, 5) is 29.0. The van der Waals surface area contributed by atoms with Crippen molar-refractivity contribution in [2.45, 2.75) is 38.7 Å². The quantitative estimate of drug-likeness (QED) is 0.317.